The summed E-state index contributed by atoms with van der Waals surface area (Å²) < 4.78 is 6.17. The van der Waals surface area contributed by atoms with Crippen molar-refractivity contribution in [3.8, 4) is 0 Å². The molecule has 2 aromatic rings. The number of nitrogens with one attached hydrogen (secondary N) is 1. The van der Waals surface area contributed by atoms with Gasteiger partial charge in [-0.3, -0.25) is 29.4 Å². The maximum atomic E-state index is 13.6. The van der Waals surface area contributed by atoms with Crippen molar-refractivity contribution in [1.82, 2.24) is 15.1 Å². The van der Waals surface area contributed by atoms with E-state index in [-0.39, 0.29) is 54.7 Å². The molecule has 1 unspecified atom stereocenters. The summed E-state index contributed by atoms with van der Waals surface area (Å²) in [4.78, 5) is 53.4. The lowest BCUT2D eigenvalue weighted by Gasteiger charge is -2.44. The summed E-state index contributed by atoms with van der Waals surface area (Å²) in [6.07, 6.45) is 2.54. The van der Waals surface area contributed by atoms with E-state index in [2.05, 4.69) is 5.32 Å². The number of nitro benzene ring substituents is 1. The van der Waals surface area contributed by atoms with E-state index >= 15 is 0 Å². The van der Waals surface area contributed by atoms with Gasteiger partial charge in [-0.15, -0.1) is 0 Å². The highest BCUT2D eigenvalue weighted by Crippen LogP contribution is 2.39. The van der Waals surface area contributed by atoms with Crippen molar-refractivity contribution >= 4 is 23.4 Å². The van der Waals surface area contributed by atoms with E-state index in [0.29, 0.717) is 18.4 Å². The fourth-order valence-corrected chi connectivity index (χ4v) is 4.81. The van der Waals surface area contributed by atoms with E-state index in [4.69, 9.17) is 4.74 Å². The number of piperidine rings is 1. The molecule has 0 aromatic heterocycles. The summed E-state index contributed by atoms with van der Waals surface area (Å²) >= 11 is 0. The van der Waals surface area contributed by atoms with Gasteiger partial charge in [-0.2, -0.15) is 0 Å². The molecular weight excluding hydrogens is 452 g/mol. The normalized spacial score (nSPS) is 21.1. The second-order valence-electron chi connectivity index (χ2n) is 9.20. The second kappa shape index (κ2) is 9.10. The van der Waals surface area contributed by atoms with Crippen molar-refractivity contribution in [2.24, 2.45) is 0 Å². The summed E-state index contributed by atoms with van der Waals surface area (Å²) in [7, 11) is 0. The Hall–Kier alpha value is -3.79. The van der Waals surface area contributed by atoms with Crippen LogP contribution in [0.4, 0.5) is 5.69 Å². The van der Waals surface area contributed by atoms with Crippen LogP contribution in [-0.4, -0.2) is 69.9 Å². The number of hydrogen-bond acceptors (Lipinski definition) is 6. The minimum Gasteiger partial charge on any atom is -0.353 e. The van der Waals surface area contributed by atoms with E-state index in [1.165, 1.54) is 18.2 Å². The number of ether oxygens (including phenoxy) is 1. The Morgan fingerprint density at radius 2 is 1.66 bits per heavy atom. The van der Waals surface area contributed by atoms with E-state index in [9.17, 15) is 24.5 Å². The summed E-state index contributed by atoms with van der Waals surface area (Å²) in [6.45, 7) is 0.671. The molecule has 0 radical (unpaired) electrons. The Morgan fingerprint density at radius 3 is 2.31 bits per heavy atom. The average molecular weight is 479 g/mol. The lowest BCUT2D eigenvalue weighted by Crippen LogP contribution is -2.60. The van der Waals surface area contributed by atoms with Crippen LogP contribution in [0.25, 0.3) is 0 Å². The van der Waals surface area contributed by atoms with E-state index in [0.717, 1.165) is 12.8 Å². The van der Waals surface area contributed by atoms with Gasteiger partial charge in [0.15, 0.2) is 0 Å². The molecule has 1 atom stereocenters. The third-order valence-electron chi connectivity index (χ3n) is 6.86. The minimum absolute atomic E-state index is 0.0932. The van der Waals surface area contributed by atoms with E-state index in [1.54, 1.807) is 40.1 Å². The minimum atomic E-state index is -1.00. The Balaban J connectivity index is 1.36. The van der Waals surface area contributed by atoms with Crippen molar-refractivity contribution in [2.75, 3.05) is 19.7 Å². The van der Waals surface area contributed by atoms with Crippen LogP contribution < -0.4 is 5.32 Å². The number of likely N-dealkylation sites (tertiary alicyclic amines) is 1. The molecule has 0 bridgehead atoms. The number of rotatable bonds is 5. The highest BCUT2D eigenvalue weighted by atomic mass is 16.6. The van der Waals surface area contributed by atoms with Crippen LogP contribution in [0.5, 0.6) is 0 Å². The number of benzene rings is 2. The van der Waals surface area contributed by atoms with Crippen LogP contribution in [0, 0.1) is 10.1 Å². The molecule has 10 nitrogen and oxygen atoms in total. The Bertz CT molecular complexity index is 1160. The molecule has 1 saturated carbocycles. The maximum absolute atomic E-state index is 13.6. The molecule has 10 heteroatoms. The molecule has 2 aromatic carbocycles. The van der Waals surface area contributed by atoms with E-state index < -0.39 is 16.7 Å². The molecule has 3 aliphatic rings. The third kappa shape index (κ3) is 4.49. The first-order valence-corrected chi connectivity index (χ1v) is 11.7. The molecule has 3 fully saturated rings. The number of nitrogens with zero attached hydrogens (tertiary/aromatic N) is 3. The lowest BCUT2D eigenvalue weighted by molar-refractivity contribution is -0.384. The van der Waals surface area contributed by atoms with Crippen LogP contribution in [0.15, 0.2) is 54.6 Å². The summed E-state index contributed by atoms with van der Waals surface area (Å²) in [5, 5.41) is 14.1. The van der Waals surface area contributed by atoms with Crippen molar-refractivity contribution in [2.45, 2.75) is 43.5 Å². The average Bonchev–Trinajstić information content (AvgIpc) is 3.63. The van der Waals surface area contributed by atoms with Gasteiger partial charge in [0.2, 0.25) is 5.91 Å². The predicted octanol–water partition coefficient (Wildman–Crippen LogP) is 2.35. The molecule has 182 valence electrons. The number of non-ortho nitro benzene ring substituents is 1. The molecule has 2 heterocycles. The zero-order valence-corrected chi connectivity index (χ0v) is 19.1. The standard InChI is InChI=1S/C25H26N4O6/c30-22(26-19-9-10-19)21-16-35-25(28(21)24(32)17-5-2-1-3-6-17)11-13-27(14-12-25)23(31)18-7-4-8-20(15-18)29(33)34/h1-8,15,19,21H,9-14,16H2,(H,26,30). The summed E-state index contributed by atoms with van der Waals surface area (Å²) in [5.41, 5.74) is -0.441. The molecule has 35 heavy (non-hydrogen) atoms. The molecular formula is C25H26N4O6. The van der Waals surface area contributed by atoms with Gasteiger partial charge in [0.1, 0.15) is 11.8 Å². The van der Waals surface area contributed by atoms with Gasteiger partial charge in [-0.1, -0.05) is 24.3 Å². The molecule has 2 aliphatic heterocycles. The Kier molecular flexibility index (Phi) is 5.98. The number of amides is 3. The first-order chi connectivity index (χ1) is 16.9. The molecule has 1 aliphatic carbocycles. The zero-order chi connectivity index (χ0) is 24.6. The number of hydrogen-bond donors (Lipinski definition) is 1. The van der Waals surface area contributed by atoms with Crippen molar-refractivity contribution in [1.29, 1.82) is 0 Å². The predicted molar refractivity (Wildman–Crippen MR) is 124 cm³/mol. The maximum Gasteiger partial charge on any atom is 0.270 e. The molecule has 3 amide bonds. The smallest absolute Gasteiger partial charge is 0.270 e. The van der Waals surface area contributed by atoms with Crippen LogP contribution in [-0.2, 0) is 9.53 Å². The topological polar surface area (TPSA) is 122 Å². The molecule has 1 N–H and O–H groups in total. The fourth-order valence-electron chi connectivity index (χ4n) is 4.81. The molecule has 2 saturated heterocycles. The van der Waals surface area contributed by atoms with Gasteiger partial charge in [-0.05, 0) is 31.0 Å². The second-order valence-corrected chi connectivity index (χ2v) is 9.20. The monoisotopic (exact) mass is 478 g/mol. The molecule has 5 rings (SSSR count). The Morgan fingerprint density at radius 1 is 0.971 bits per heavy atom. The lowest BCUT2D eigenvalue weighted by atomic mass is 9.96. The van der Waals surface area contributed by atoms with Gasteiger partial charge in [0.25, 0.3) is 17.5 Å². The SMILES string of the molecule is O=C(NC1CC1)C1COC2(CCN(C(=O)c3cccc([N+](=O)[O-])c3)CC2)N1C(=O)c1ccccc1. The first kappa shape index (κ1) is 23.0. The zero-order valence-electron chi connectivity index (χ0n) is 19.1. The number of carbonyl (C=O) groups excluding carboxylic acids is 3. The number of carbonyl (C=O) groups is 3. The van der Waals surface area contributed by atoms with E-state index in [1.807, 2.05) is 6.07 Å². The largest absolute Gasteiger partial charge is 0.353 e. The van der Waals surface area contributed by atoms with Crippen LogP contribution in [0.2, 0.25) is 0 Å². The fraction of sp³-hybridized carbons (Fsp3) is 0.400. The quantitative estimate of drug-likeness (QED) is 0.520. The van der Waals surface area contributed by atoms with Crippen LogP contribution >= 0.6 is 0 Å². The summed E-state index contributed by atoms with van der Waals surface area (Å²) in [6, 6.07) is 13.8. The van der Waals surface area contributed by atoms with Crippen LogP contribution in [0.1, 0.15) is 46.4 Å². The first-order valence-electron chi connectivity index (χ1n) is 11.7. The molecule has 1 spiro atoms. The van der Waals surface area contributed by atoms with Gasteiger partial charge < -0.3 is 15.0 Å². The third-order valence-corrected chi connectivity index (χ3v) is 6.86. The Labute approximate surface area is 202 Å². The summed E-state index contributed by atoms with van der Waals surface area (Å²) in [5.74, 6) is -0.813. The highest BCUT2D eigenvalue weighted by molar-refractivity contribution is 5.99. The van der Waals surface area contributed by atoms with Gasteiger partial charge >= 0.3 is 0 Å². The van der Waals surface area contributed by atoms with Crippen molar-refractivity contribution < 1.29 is 24.0 Å². The number of nitro groups is 1. The van der Waals surface area contributed by atoms with Crippen LogP contribution in [0.3, 0.4) is 0 Å². The van der Waals surface area contributed by atoms with Gasteiger partial charge in [0, 0.05) is 55.2 Å². The van der Waals surface area contributed by atoms with Gasteiger partial charge in [0.05, 0.1) is 11.5 Å². The highest BCUT2D eigenvalue weighted by Gasteiger charge is 2.54. The van der Waals surface area contributed by atoms with Crippen molar-refractivity contribution in [3.63, 3.8) is 0 Å². The van der Waals surface area contributed by atoms with Crippen molar-refractivity contribution in [3.05, 3.63) is 75.8 Å². The van der Waals surface area contributed by atoms with Gasteiger partial charge in [-0.25, -0.2) is 0 Å².